The molecule has 4 atom stereocenters. The number of aryl methyl sites for hydroxylation is 2. The minimum atomic E-state index is -0.479. The number of aromatic nitrogens is 3. The van der Waals surface area contributed by atoms with E-state index in [9.17, 15) is 4.79 Å². The van der Waals surface area contributed by atoms with Crippen molar-refractivity contribution in [2.45, 2.75) is 83.6 Å². The number of halogens is 2. The lowest BCUT2D eigenvalue weighted by atomic mass is 9.93. The van der Waals surface area contributed by atoms with Crippen LogP contribution in [0.5, 0.6) is 0 Å². The fourth-order valence-corrected chi connectivity index (χ4v) is 6.96. The van der Waals surface area contributed by atoms with Crippen molar-refractivity contribution in [3.05, 3.63) is 103 Å². The number of ether oxygens (including phenoxy) is 1. The van der Waals surface area contributed by atoms with Gasteiger partial charge >= 0.3 is 5.69 Å². The van der Waals surface area contributed by atoms with E-state index >= 15 is 4.39 Å². The van der Waals surface area contributed by atoms with Crippen LogP contribution < -0.4 is 27.8 Å². The van der Waals surface area contributed by atoms with Gasteiger partial charge in [-0.3, -0.25) is 9.98 Å². The second-order valence-corrected chi connectivity index (χ2v) is 14.0. The van der Waals surface area contributed by atoms with Crippen LogP contribution in [-0.2, 0) is 11.2 Å². The Kier molecular flexibility index (Phi) is 12.2. The third-order valence-electron chi connectivity index (χ3n) is 8.65. The van der Waals surface area contributed by atoms with Gasteiger partial charge in [0.1, 0.15) is 5.82 Å². The summed E-state index contributed by atoms with van der Waals surface area (Å²) >= 11 is 7.86. The number of thiazole rings is 1. The van der Waals surface area contributed by atoms with Crippen LogP contribution in [-0.4, -0.2) is 45.2 Å². The van der Waals surface area contributed by atoms with Gasteiger partial charge in [0, 0.05) is 47.5 Å². The van der Waals surface area contributed by atoms with Gasteiger partial charge in [-0.2, -0.15) is 4.98 Å². The van der Waals surface area contributed by atoms with Crippen molar-refractivity contribution in [1.82, 2.24) is 19.9 Å². The largest absolute Gasteiger partial charge is 0.370 e. The van der Waals surface area contributed by atoms with Crippen LogP contribution in [0.15, 0.2) is 59.0 Å². The third-order valence-corrected chi connectivity index (χ3v) is 9.63. The molecule has 0 radical (unpaired) electrons. The first kappa shape index (κ1) is 36.2. The zero-order valence-electron chi connectivity index (χ0n) is 28.0. The summed E-state index contributed by atoms with van der Waals surface area (Å²) in [5.41, 5.74) is 15.9. The Morgan fingerprint density at radius 3 is 2.76 bits per heavy atom. The molecule has 0 spiro atoms. The van der Waals surface area contributed by atoms with Crippen molar-refractivity contribution in [1.29, 1.82) is 5.41 Å². The normalized spacial score (nSPS) is 18.7. The molecule has 1 saturated heterocycles. The minimum Gasteiger partial charge on any atom is -0.370 e. The zero-order valence-corrected chi connectivity index (χ0v) is 29.6. The van der Waals surface area contributed by atoms with Crippen LogP contribution in [0.4, 0.5) is 9.52 Å². The van der Waals surface area contributed by atoms with Gasteiger partial charge in [0.15, 0.2) is 11.1 Å². The van der Waals surface area contributed by atoms with E-state index < -0.39 is 11.5 Å². The van der Waals surface area contributed by atoms with Gasteiger partial charge < -0.3 is 26.8 Å². The highest BCUT2D eigenvalue weighted by molar-refractivity contribution is 7.13. The molecular formula is C36H44ClFN8O2S. The molecule has 49 heavy (non-hydrogen) atoms. The number of allylic oxidation sites excluding steroid dienone is 1. The number of nitrogens with one attached hydrogen (secondary N) is 3. The fraction of sp³-hybridized carbons (Fsp3) is 0.389. The molecule has 1 aliphatic rings. The molecule has 4 aromatic rings. The Balaban J connectivity index is 1.37. The first-order valence-corrected chi connectivity index (χ1v) is 17.7. The van der Waals surface area contributed by atoms with Crippen molar-refractivity contribution in [3.63, 3.8) is 0 Å². The Bertz CT molecular complexity index is 1830. The average Bonchev–Trinajstić information content (AvgIpc) is 3.56. The predicted octanol–water partition coefficient (Wildman–Crippen LogP) is 6.59. The van der Waals surface area contributed by atoms with E-state index in [1.807, 2.05) is 55.6 Å². The molecule has 260 valence electrons. The van der Waals surface area contributed by atoms with E-state index in [1.54, 1.807) is 36.7 Å². The lowest BCUT2D eigenvalue weighted by molar-refractivity contribution is -0.0582. The summed E-state index contributed by atoms with van der Waals surface area (Å²) in [5.74, 6) is -0.545. The highest BCUT2D eigenvalue weighted by Gasteiger charge is 2.31. The number of rotatable bonds is 13. The van der Waals surface area contributed by atoms with Crippen LogP contribution in [0.1, 0.15) is 80.0 Å². The Hall–Kier alpha value is -4.10. The molecule has 2 aromatic heterocycles. The average molecular weight is 707 g/mol. The highest BCUT2D eigenvalue weighted by Crippen LogP contribution is 2.35. The first-order chi connectivity index (χ1) is 23.5. The van der Waals surface area contributed by atoms with Gasteiger partial charge in [-0.15, -0.1) is 11.3 Å². The van der Waals surface area contributed by atoms with Gasteiger partial charge in [0.05, 0.1) is 28.6 Å². The highest BCUT2D eigenvalue weighted by atomic mass is 35.5. The van der Waals surface area contributed by atoms with Crippen LogP contribution in [0.2, 0.25) is 5.02 Å². The maximum Gasteiger partial charge on any atom is 0.352 e. The summed E-state index contributed by atoms with van der Waals surface area (Å²) in [6.45, 7) is 6.10. The molecule has 10 nitrogen and oxygen atoms in total. The first-order valence-electron chi connectivity index (χ1n) is 16.5. The number of hydrogen-bond donors (Lipinski definition) is 5. The molecule has 1 aliphatic heterocycles. The van der Waals surface area contributed by atoms with Gasteiger partial charge in [-0.1, -0.05) is 23.7 Å². The molecule has 0 bridgehead atoms. The van der Waals surface area contributed by atoms with Crippen molar-refractivity contribution in [2.24, 2.45) is 11.5 Å². The monoisotopic (exact) mass is 706 g/mol. The van der Waals surface area contributed by atoms with Crippen LogP contribution in [0.25, 0.3) is 17.3 Å². The predicted molar refractivity (Wildman–Crippen MR) is 197 cm³/mol. The number of nitrogens with two attached hydrogens (primary N) is 2. The summed E-state index contributed by atoms with van der Waals surface area (Å²) in [6.07, 6.45) is 9.82. The smallest absolute Gasteiger partial charge is 0.352 e. The van der Waals surface area contributed by atoms with E-state index in [2.05, 4.69) is 20.6 Å². The van der Waals surface area contributed by atoms with Gasteiger partial charge in [-0.05, 0) is 106 Å². The summed E-state index contributed by atoms with van der Waals surface area (Å²) in [6, 6.07) is 11.5. The Morgan fingerprint density at radius 2 is 2.06 bits per heavy atom. The number of nitrogens with zero attached hydrogens (tertiary/aromatic N) is 3. The number of anilines is 1. The van der Waals surface area contributed by atoms with E-state index in [4.69, 9.17) is 33.2 Å². The molecule has 3 heterocycles. The van der Waals surface area contributed by atoms with E-state index in [0.717, 1.165) is 48.4 Å². The maximum absolute atomic E-state index is 15.2. The van der Waals surface area contributed by atoms with E-state index in [1.165, 1.54) is 4.57 Å². The topological polar surface area (TPSA) is 157 Å². The fourth-order valence-electron chi connectivity index (χ4n) is 6.11. The van der Waals surface area contributed by atoms with E-state index in [-0.39, 0.29) is 35.3 Å². The van der Waals surface area contributed by atoms with Crippen LogP contribution in [0, 0.1) is 18.2 Å². The summed E-state index contributed by atoms with van der Waals surface area (Å²) in [4.78, 5) is 21.8. The van der Waals surface area contributed by atoms with Gasteiger partial charge in [0.25, 0.3) is 0 Å². The number of benzene rings is 2. The molecular weight excluding hydrogens is 663 g/mol. The molecule has 1 fully saturated rings. The molecule has 0 saturated carbocycles. The second-order valence-electron chi connectivity index (χ2n) is 12.7. The lowest BCUT2D eigenvalue weighted by Crippen LogP contribution is -2.39. The van der Waals surface area contributed by atoms with Crippen molar-refractivity contribution >= 4 is 45.7 Å². The Labute approximate surface area is 295 Å². The molecule has 13 heteroatoms. The lowest BCUT2D eigenvalue weighted by Gasteiger charge is -2.36. The quantitative estimate of drug-likeness (QED) is 0.0770. The summed E-state index contributed by atoms with van der Waals surface area (Å²) in [5, 5.41) is 16.8. The van der Waals surface area contributed by atoms with Crippen molar-refractivity contribution in [2.75, 3.05) is 11.9 Å². The van der Waals surface area contributed by atoms with E-state index in [0.29, 0.717) is 41.0 Å². The molecule has 0 amide bonds. The molecule has 0 aliphatic carbocycles. The third kappa shape index (κ3) is 9.75. The number of guanidine groups is 1. The molecule has 2 aromatic carbocycles. The van der Waals surface area contributed by atoms with Crippen molar-refractivity contribution in [3.8, 4) is 5.69 Å². The molecule has 7 N–H and O–H groups in total. The standard InChI is InChI=1S/C36H44ClFN8O2S/c1-21(30-16-24(6-4-5-22(2)39)17-31(37)33(30)38)15-26-20-46(36(47)44-23(26)3)28-9-7-25(8-10-28)32-19-27(45-35-43-13-14-49-35)18-29(48-32)11-12-42-34(40)41/h7-10,13-17,20,22,27,29,32H,4-6,11-12,18-19,39H2,1-3H3,(H,43,45)(H4,40,41,42)/b21-15+/t22-,27-,29+,32-/m0/s1. The van der Waals surface area contributed by atoms with Crippen molar-refractivity contribution < 1.29 is 9.13 Å². The minimum absolute atomic E-state index is 0.0562. The van der Waals surface area contributed by atoms with Gasteiger partial charge in [-0.25, -0.2) is 14.2 Å². The number of hydrogen-bond acceptors (Lipinski definition) is 8. The summed E-state index contributed by atoms with van der Waals surface area (Å²) < 4.78 is 23.2. The van der Waals surface area contributed by atoms with Crippen LogP contribution in [0.3, 0.4) is 0 Å². The Morgan fingerprint density at radius 1 is 1.29 bits per heavy atom. The SMILES string of the molecule is C/C(=C\c1cn(-c2ccc([C@@H]3C[C@@H](Nc4nccs4)C[C@@H](CCNC(=N)N)O3)cc2)c(=O)nc1C)c1cc(CCC[C@H](C)N)cc(Cl)c1F. The van der Waals surface area contributed by atoms with Gasteiger partial charge in [0.2, 0.25) is 0 Å². The second kappa shape index (κ2) is 16.5. The molecule has 5 rings (SSSR count). The maximum atomic E-state index is 15.2. The van der Waals surface area contributed by atoms with Crippen LogP contribution >= 0.6 is 22.9 Å². The molecule has 0 unspecified atom stereocenters. The zero-order chi connectivity index (χ0) is 35.1. The summed E-state index contributed by atoms with van der Waals surface area (Å²) in [7, 11) is 0.